The molecule has 0 N–H and O–H groups in total. The molecule has 0 amide bonds. The molecule has 0 spiro atoms. The Bertz CT molecular complexity index is 1380. The van der Waals surface area contributed by atoms with Crippen LogP contribution in [0, 0.1) is 71.0 Å². The zero-order chi connectivity index (χ0) is 46.8. The van der Waals surface area contributed by atoms with Crippen LogP contribution in [0.1, 0.15) is 160 Å². The molecule has 14 nitrogen and oxygen atoms in total. The third-order valence-electron chi connectivity index (χ3n) is 15.2. The van der Waals surface area contributed by atoms with Crippen molar-refractivity contribution in [1.82, 2.24) is 0 Å². The Labute approximate surface area is 383 Å². The lowest BCUT2D eigenvalue weighted by molar-refractivity contribution is -0.341. The normalized spacial score (nSPS) is 37.1. The molecule has 5 aliphatic rings. The van der Waals surface area contributed by atoms with Gasteiger partial charge in [0, 0.05) is 0 Å². The molecule has 1 saturated heterocycles. The monoisotopic (exact) mass is 909 g/mol. The van der Waals surface area contributed by atoms with Crippen molar-refractivity contribution < 1.29 is 66.5 Å². The lowest BCUT2D eigenvalue weighted by atomic mass is 9.75. The molecule has 0 bridgehead atoms. The highest BCUT2D eigenvalue weighted by molar-refractivity contribution is 5.62. The standard InChI is InChI=1S/C50H84O14/c1-27(2)35-17-13-31(9)21-39(35)59-47(51)55-25-43-45(63-49(53)61-41-23-33(11)15-19-37(41)29(5)6)58-44(26-56-48(52)60-40-22-32(10)14-18-36(40)28(3)4)46(57-43)64-50(54)62-42-24-34(12)16-20-38(42)30(7)8/h27-46H,13-26H2,1-12H3/t31?,32?,33?,34?,35?,36?,37?,38?,39?,40?,41?,42?,43-,44+,45-,46+. The van der Waals surface area contributed by atoms with Gasteiger partial charge in [-0.2, -0.15) is 0 Å². The van der Waals surface area contributed by atoms with Gasteiger partial charge in [-0.3, -0.25) is 0 Å². The quantitative estimate of drug-likeness (QED) is 0.120. The van der Waals surface area contributed by atoms with Crippen LogP contribution in [0.25, 0.3) is 0 Å². The summed E-state index contributed by atoms with van der Waals surface area (Å²) in [5.41, 5.74) is 0. The highest BCUT2D eigenvalue weighted by Gasteiger charge is 2.47. The summed E-state index contributed by atoms with van der Waals surface area (Å²) >= 11 is 0. The average Bonchev–Trinajstić information content (AvgIpc) is 3.19. The number of carbonyl (C=O) groups is 4. The molecule has 16 atom stereocenters. The molecule has 1 aliphatic heterocycles. The van der Waals surface area contributed by atoms with Crippen LogP contribution < -0.4 is 0 Å². The fraction of sp³-hybridized carbons (Fsp3) is 0.920. The van der Waals surface area contributed by atoms with Gasteiger partial charge in [0.05, 0.1) is 0 Å². The van der Waals surface area contributed by atoms with Crippen LogP contribution in [0.15, 0.2) is 0 Å². The zero-order valence-corrected chi connectivity index (χ0v) is 41.2. The molecule has 1 heterocycles. The zero-order valence-electron chi connectivity index (χ0n) is 41.2. The van der Waals surface area contributed by atoms with Crippen molar-refractivity contribution in [2.45, 2.75) is 209 Å². The van der Waals surface area contributed by atoms with Gasteiger partial charge >= 0.3 is 24.6 Å². The minimum Gasteiger partial charge on any atom is -0.431 e. The Morgan fingerprint density at radius 3 is 0.891 bits per heavy atom. The summed E-state index contributed by atoms with van der Waals surface area (Å²) in [7, 11) is 0. The number of hydrogen-bond donors (Lipinski definition) is 0. The van der Waals surface area contributed by atoms with Gasteiger partial charge in [0.1, 0.15) is 37.6 Å². The molecule has 64 heavy (non-hydrogen) atoms. The van der Waals surface area contributed by atoms with E-state index in [2.05, 4.69) is 83.1 Å². The molecule has 4 aliphatic carbocycles. The summed E-state index contributed by atoms with van der Waals surface area (Å²) in [6, 6.07) is 0. The van der Waals surface area contributed by atoms with Crippen LogP contribution in [0.5, 0.6) is 0 Å². The predicted molar refractivity (Wildman–Crippen MR) is 238 cm³/mol. The minimum atomic E-state index is -1.54. The van der Waals surface area contributed by atoms with E-state index < -0.39 is 62.6 Å². The van der Waals surface area contributed by atoms with Gasteiger partial charge in [0.25, 0.3) is 0 Å². The van der Waals surface area contributed by atoms with Crippen LogP contribution in [-0.4, -0.2) is 87.0 Å². The smallest absolute Gasteiger partial charge is 0.431 e. The van der Waals surface area contributed by atoms with E-state index in [1.807, 2.05) is 0 Å². The Kier molecular flexibility index (Phi) is 19.6. The molecule has 368 valence electrons. The van der Waals surface area contributed by atoms with E-state index in [4.69, 9.17) is 47.4 Å². The maximum atomic E-state index is 13.7. The Hall–Kier alpha value is -3.00. The van der Waals surface area contributed by atoms with Crippen LogP contribution in [-0.2, 0) is 47.4 Å². The van der Waals surface area contributed by atoms with Crippen molar-refractivity contribution in [3.63, 3.8) is 0 Å². The summed E-state index contributed by atoms with van der Waals surface area (Å²) in [5.74, 6) is 3.27. The van der Waals surface area contributed by atoms with Crippen LogP contribution >= 0.6 is 0 Å². The second-order valence-electron chi connectivity index (χ2n) is 21.9. The van der Waals surface area contributed by atoms with Crippen LogP contribution in [0.3, 0.4) is 0 Å². The van der Waals surface area contributed by atoms with Gasteiger partial charge in [-0.05, 0) is 122 Å². The summed E-state index contributed by atoms with van der Waals surface area (Å²) in [6.45, 7) is 24.5. The van der Waals surface area contributed by atoms with Crippen molar-refractivity contribution in [1.29, 1.82) is 0 Å². The van der Waals surface area contributed by atoms with E-state index in [0.717, 1.165) is 51.4 Å². The number of hydrogen-bond acceptors (Lipinski definition) is 14. The van der Waals surface area contributed by atoms with Gasteiger partial charge in [0.15, 0.2) is 12.2 Å². The van der Waals surface area contributed by atoms with Gasteiger partial charge in [0.2, 0.25) is 12.6 Å². The molecule has 12 unspecified atom stereocenters. The third kappa shape index (κ3) is 15.0. The number of rotatable bonds is 14. The lowest BCUT2D eigenvalue weighted by Crippen LogP contribution is -2.56. The molecular weight excluding hydrogens is 825 g/mol. The molecule has 5 fully saturated rings. The van der Waals surface area contributed by atoms with Crippen molar-refractivity contribution in [2.75, 3.05) is 13.2 Å². The summed E-state index contributed by atoms with van der Waals surface area (Å²) in [4.78, 5) is 54.2. The van der Waals surface area contributed by atoms with Crippen LogP contribution in [0.4, 0.5) is 19.2 Å². The maximum absolute atomic E-state index is 13.7. The first-order valence-electron chi connectivity index (χ1n) is 25.0. The highest BCUT2D eigenvalue weighted by Crippen LogP contribution is 2.39. The maximum Gasteiger partial charge on any atom is 0.510 e. The summed E-state index contributed by atoms with van der Waals surface area (Å²) in [5, 5.41) is 0. The Morgan fingerprint density at radius 2 is 0.641 bits per heavy atom. The average molecular weight is 909 g/mol. The van der Waals surface area contributed by atoms with Crippen molar-refractivity contribution in [3.05, 3.63) is 0 Å². The molecule has 0 aromatic carbocycles. The first kappa shape index (κ1) is 52.0. The van der Waals surface area contributed by atoms with Crippen molar-refractivity contribution in [2.24, 2.45) is 71.0 Å². The minimum absolute atomic E-state index is 0.138. The van der Waals surface area contributed by atoms with Crippen molar-refractivity contribution >= 4 is 24.6 Å². The summed E-state index contributed by atoms with van der Waals surface area (Å²) in [6.07, 6.45) is -0.226. The molecule has 0 radical (unpaired) electrons. The number of ether oxygens (including phenoxy) is 10. The fourth-order valence-electron chi connectivity index (χ4n) is 11.2. The second kappa shape index (κ2) is 24.1. The Balaban J connectivity index is 1.36. The van der Waals surface area contributed by atoms with E-state index in [0.29, 0.717) is 61.2 Å². The van der Waals surface area contributed by atoms with E-state index in [-0.39, 0.29) is 59.9 Å². The molecule has 4 saturated carbocycles. The molecule has 5 rings (SSSR count). The summed E-state index contributed by atoms with van der Waals surface area (Å²) < 4.78 is 59.6. The first-order chi connectivity index (χ1) is 30.3. The van der Waals surface area contributed by atoms with Crippen molar-refractivity contribution in [3.8, 4) is 0 Å². The first-order valence-corrected chi connectivity index (χ1v) is 25.0. The third-order valence-corrected chi connectivity index (χ3v) is 15.2. The van der Waals surface area contributed by atoms with Gasteiger partial charge in [-0.25, -0.2) is 19.2 Å². The molecule has 14 heteroatoms. The Morgan fingerprint density at radius 1 is 0.391 bits per heavy atom. The predicted octanol–water partition coefficient (Wildman–Crippen LogP) is 11.9. The van der Waals surface area contributed by atoms with E-state index in [1.54, 1.807) is 0 Å². The molecule has 0 aromatic heterocycles. The van der Waals surface area contributed by atoms with Gasteiger partial charge < -0.3 is 47.4 Å². The SMILES string of the molecule is CC1CCC(C(C)C)C(OC(=O)OC[C@@H]2O[C@H](OC(=O)OC3CC(C)CCC3C(C)C)[C@@H](COC(=O)OC3CC(C)CCC3C(C)C)O[C@H]2OC(=O)OC2CC(C)CCC2C(C)C)C1. The number of carbonyl (C=O) groups excluding carboxylic acids is 4. The highest BCUT2D eigenvalue weighted by atomic mass is 16.9. The largest absolute Gasteiger partial charge is 0.510 e. The molecular formula is C50H84O14. The van der Waals surface area contributed by atoms with E-state index in [9.17, 15) is 19.2 Å². The van der Waals surface area contributed by atoms with E-state index >= 15 is 0 Å². The lowest BCUT2D eigenvalue weighted by Gasteiger charge is -2.41. The molecule has 0 aromatic rings. The topological polar surface area (TPSA) is 161 Å². The second-order valence-corrected chi connectivity index (χ2v) is 21.9. The van der Waals surface area contributed by atoms with Gasteiger partial charge in [-0.1, -0.05) is 109 Å². The van der Waals surface area contributed by atoms with E-state index in [1.165, 1.54) is 0 Å². The fourth-order valence-corrected chi connectivity index (χ4v) is 11.2. The van der Waals surface area contributed by atoms with Gasteiger partial charge in [-0.15, -0.1) is 0 Å². The van der Waals surface area contributed by atoms with Crippen LogP contribution in [0.2, 0.25) is 0 Å².